The molecule has 0 radical (unpaired) electrons. The number of aliphatic hydroxyl groups excluding tert-OH is 1. The van der Waals surface area contributed by atoms with Gasteiger partial charge in [0.15, 0.2) is 0 Å². The molecule has 2 N–H and O–H groups in total. The molecule has 0 unspecified atom stereocenters. The van der Waals surface area contributed by atoms with Gasteiger partial charge < -0.3 is 15.2 Å². The highest BCUT2D eigenvalue weighted by atomic mass is 19.1. The van der Waals surface area contributed by atoms with Gasteiger partial charge in [0, 0.05) is 30.4 Å². The molecule has 1 heterocycles. The molecule has 0 bridgehead atoms. The molecule has 1 atom stereocenters. The van der Waals surface area contributed by atoms with Crippen LogP contribution in [0.15, 0.2) is 42.5 Å². The van der Waals surface area contributed by atoms with Crippen LogP contribution in [0.4, 0.5) is 10.1 Å². The molecule has 4 nitrogen and oxygen atoms in total. The van der Waals surface area contributed by atoms with Gasteiger partial charge in [-0.25, -0.2) is 4.39 Å². The van der Waals surface area contributed by atoms with Crippen LogP contribution in [0, 0.1) is 5.82 Å². The van der Waals surface area contributed by atoms with E-state index in [0.717, 1.165) is 49.5 Å². The second-order valence-corrected chi connectivity index (χ2v) is 6.76. The lowest BCUT2D eigenvalue weighted by atomic mass is 10.0. The van der Waals surface area contributed by atoms with Crippen molar-refractivity contribution < 1.29 is 14.2 Å². The van der Waals surface area contributed by atoms with Gasteiger partial charge in [0.2, 0.25) is 0 Å². The molecule has 3 rings (SSSR count). The fourth-order valence-corrected chi connectivity index (χ4v) is 3.51. The minimum absolute atomic E-state index is 0.0160. The van der Waals surface area contributed by atoms with Gasteiger partial charge in [-0.3, -0.25) is 4.90 Å². The minimum Gasteiger partial charge on any atom is -0.494 e. The van der Waals surface area contributed by atoms with Crippen molar-refractivity contribution in [3.05, 3.63) is 59.4 Å². The Morgan fingerprint density at radius 3 is 2.77 bits per heavy atom. The number of hydrogen-bond donors (Lipinski definition) is 2. The number of nitrogens with one attached hydrogen (secondary N) is 1. The molecule has 0 spiro atoms. The molecule has 1 aliphatic heterocycles. The van der Waals surface area contributed by atoms with Crippen LogP contribution >= 0.6 is 0 Å². The fourth-order valence-electron chi connectivity index (χ4n) is 3.51. The van der Waals surface area contributed by atoms with Crippen LogP contribution in [0.5, 0.6) is 5.75 Å². The number of piperidine rings is 1. The lowest BCUT2D eigenvalue weighted by Gasteiger charge is -2.33. The summed E-state index contributed by atoms with van der Waals surface area (Å²) in [5.41, 5.74) is 2.98. The molecule has 0 aromatic heterocycles. The zero-order valence-electron chi connectivity index (χ0n) is 15.2. The van der Waals surface area contributed by atoms with E-state index >= 15 is 0 Å². The highest BCUT2D eigenvalue weighted by Crippen LogP contribution is 2.23. The van der Waals surface area contributed by atoms with E-state index < -0.39 is 0 Å². The summed E-state index contributed by atoms with van der Waals surface area (Å²) in [6.45, 7) is 5.37. The number of nitrogens with zero attached hydrogens (tertiary/aromatic N) is 1. The SMILES string of the molecule is CCOc1ccc(CN2CCC[C@@H](Nc3ccc(F)cc3)C2)cc1CO. The van der Waals surface area contributed by atoms with Crippen LogP contribution in [0.25, 0.3) is 0 Å². The molecule has 0 aliphatic carbocycles. The van der Waals surface area contributed by atoms with Crippen molar-refractivity contribution in [3.63, 3.8) is 0 Å². The van der Waals surface area contributed by atoms with E-state index in [2.05, 4.69) is 16.3 Å². The molecule has 0 saturated carbocycles. The number of likely N-dealkylation sites (tertiary alicyclic amines) is 1. The quantitative estimate of drug-likeness (QED) is 0.790. The van der Waals surface area contributed by atoms with Crippen molar-refractivity contribution in [2.45, 2.75) is 39.0 Å². The van der Waals surface area contributed by atoms with Crippen molar-refractivity contribution in [3.8, 4) is 5.75 Å². The summed E-state index contributed by atoms with van der Waals surface area (Å²) in [6, 6.07) is 12.9. The lowest BCUT2D eigenvalue weighted by molar-refractivity contribution is 0.208. The third-order valence-corrected chi connectivity index (χ3v) is 4.72. The first-order valence-electron chi connectivity index (χ1n) is 9.28. The minimum atomic E-state index is -0.212. The fraction of sp³-hybridized carbons (Fsp3) is 0.429. The van der Waals surface area contributed by atoms with Crippen molar-refractivity contribution in [1.82, 2.24) is 4.90 Å². The smallest absolute Gasteiger partial charge is 0.124 e. The van der Waals surface area contributed by atoms with Gasteiger partial charge in [-0.1, -0.05) is 6.07 Å². The van der Waals surface area contributed by atoms with Gasteiger partial charge in [0.05, 0.1) is 13.2 Å². The topological polar surface area (TPSA) is 44.7 Å². The Morgan fingerprint density at radius 1 is 1.23 bits per heavy atom. The maximum absolute atomic E-state index is 13.0. The first-order chi connectivity index (χ1) is 12.7. The van der Waals surface area contributed by atoms with Gasteiger partial charge in [-0.2, -0.15) is 0 Å². The normalized spacial score (nSPS) is 17.9. The third-order valence-electron chi connectivity index (χ3n) is 4.72. The monoisotopic (exact) mass is 358 g/mol. The number of hydrogen-bond acceptors (Lipinski definition) is 4. The van der Waals surface area contributed by atoms with Crippen LogP contribution < -0.4 is 10.1 Å². The highest BCUT2D eigenvalue weighted by Gasteiger charge is 2.20. The first kappa shape index (κ1) is 18.7. The second-order valence-electron chi connectivity index (χ2n) is 6.76. The number of halogens is 1. The molecule has 1 saturated heterocycles. The number of aliphatic hydroxyl groups is 1. The summed E-state index contributed by atoms with van der Waals surface area (Å²) in [4.78, 5) is 2.42. The Labute approximate surface area is 154 Å². The molecule has 1 fully saturated rings. The van der Waals surface area contributed by atoms with E-state index in [-0.39, 0.29) is 12.4 Å². The molecular formula is C21H27FN2O2. The standard InChI is InChI=1S/C21H27FN2O2/c1-2-26-21-10-5-16(12-17(21)15-25)13-24-11-3-4-20(14-24)23-19-8-6-18(22)7-9-19/h5-10,12,20,23,25H,2-4,11,13-15H2,1H3/t20-/m1/s1. The summed E-state index contributed by atoms with van der Waals surface area (Å²) < 4.78 is 18.6. The zero-order valence-corrected chi connectivity index (χ0v) is 15.2. The van der Waals surface area contributed by atoms with Gasteiger partial charge in [0.25, 0.3) is 0 Å². The zero-order chi connectivity index (χ0) is 18.4. The number of ether oxygens (including phenoxy) is 1. The van der Waals surface area contributed by atoms with Crippen LogP contribution in [0.3, 0.4) is 0 Å². The van der Waals surface area contributed by atoms with E-state index in [0.29, 0.717) is 12.6 Å². The predicted octanol–water partition coefficient (Wildman–Crippen LogP) is 3.79. The van der Waals surface area contributed by atoms with Crippen LogP contribution in [-0.4, -0.2) is 35.7 Å². The molecule has 1 aliphatic rings. The summed E-state index contributed by atoms with van der Waals surface area (Å²) in [5.74, 6) is 0.546. The Morgan fingerprint density at radius 2 is 2.04 bits per heavy atom. The lowest BCUT2D eigenvalue weighted by Crippen LogP contribution is -2.41. The van der Waals surface area contributed by atoms with Crippen molar-refractivity contribution in [2.75, 3.05) is 25.0 Å². The van der Waals surface area contributed by atoms with E-state index in [1.807, 2.05) is 19.1 Å². The van der Waals surface area contributed by atoms with Crippen molar-refractivity contribution >= 4 is 5.69 Å². The van der Waals surface area contributed by atoms with Crippen LogP contribution in [0.1, 0.15) is 30.9 Å². The third kappa shape index (κ3) is 4.96. The van der Waals surface area contributed by atoms with Crippen LogP contribution in [-0.2, 0) is 13.2 Å². The van der Waals surface area contributed by atoms with Crippen LogP contribution in [0.2, 0.25) is 0 Å². The summed E-state index contributed by atoms with van der Waals surface area (Å²) in [5, 5.41) is 13.1. The Balaban J connectivity index is 1.60. The van der Waals surface area contributed by atoms with Gasteiger partial charge >= 0.3 is 0 Å². The summed E-state index contributed by atoms with van der Waals surface area (Å²) in [6.07, 6.45) is 2.24. The molecule has 140 valence electrons. The average Bonchev–Trinajstić information content (AvgIpc) is 2.65. The number of benzene rings is 2. The Kier molecular flexibility index (Phi) is 6.47. The molecule has 2 aromatic rings. The van der Waals surface area contributed by atoms with Crippen molar-refractivity contribution in [2.24, 2.45) is 0 Å². The maximum Gasteiger partial charge on any atom is 0.124 e. The van der Waals surface area contributed by atoms with E-state index in [1.165, 1.54) is 17.7 Å². The Hall–Kier alpha value is -2.11. The Bertz CT molecular complexity index is 706. The predicted molar refractivity (Wildman–Crippen MR) is 102 cm³/mol. The molecule has 5 heteroatoms. The maximum atomic E-state index is 13.0. The largest absolute Gasteiger partial charge is 0.494 e. The highest BCUT2D eigenvalue weighted by molar-refractivity contribution is 5.44. The first-order valence-corrected chi connectivity index (χ1v) is 9.28. The number of rotatable bonds is 7. The summed E-state index contributed by atoms with van der Waals surface area (Å²) in [7, 11) is 0. The average molecular weight is 358 g/mol. The van der Waals surface area contributed by atoms with E-state index in [1.54, 1.807) is 12.1 Å². The summed E-state index contributed by atoms with van der Waals surface area (Å²) >= 11 is 0. The van der Waals surface area contributed by atoms with Crippen molar-refractivity contribution in [1.29, 1.82) is 0 Å². The molecule has 26 heavy (non-hydrogen) atoms. The second kappa shape index (κ2) is 9.01. The van der Waals surface area contributed by atoms with Gasteiger partial charge in [0.1, 0.15) is 11.6 Å². The molecular weight excluding hydrogens is 331 g/mol. The number of anilines is 1. The van der Waals surface area contributed by atoms with Gasteiger partial charge in [-0.05, 0) is 68.3 Å². The van der Waals surface area contributed by atoms with Gasteiger partial charge in [-0.15, -0.1) is 0 Å². The molecule has 2 aromatic carbocycles. The van der Waals surface area contributed by atoms with E-state index in [9.17, 15) is 9.50 Å². The van der Waals surface area contributed by atoms with E-state index in [4.69, 9.17) is 4.74 Å². The molecule has 0 amide bonds.